The number of hydrogen-bond donors (Lipinski definition) is 1. The molecule has 2 aromatic carbocycles. The van der Waals surface area contributed by atoms with Crippen molar-refractivity contribution in [3.63, 3.8) is 0 Å². The fraction of sp³-hybridized carbons (Fsp3) is 0.478. The van der Waals surface area contributed by atoms with Crippen molar-refractivity contribution in [2.75, 3.05) is 51.3 Å². The Labute approximate surface area is 168 Å². The van der Waals surface area contributed by atoms with E-state index in [0.29, 0.717) is 13.2 Å². The Morgan fingerprint density at radius 2 is 1.71 bits per heavy atom. The molecule has 0 bridgehead atoms. The Bertz CT molecular complexity index is 785. The fourth-order valence-electron chi connectivity index (χ4n) is 3.75. The van der Waals surface area contributed by atoms with Crippen molar-refractivity contribution >= 4 is 5.69 Å². The highest BCUT2D eigenvalue weighted by atomic mass is 16.5. The molecule has 0 aliphatic carbocycles. The van der Waals surface area contributed by atoms with E-state index in [4.69, 9.17) is 9.47 Å². The van der Waals surface area contributed by atoms with Gasteiger partial charge in [-0.2, -0.15) is 0 Å². The quantitative estimate of drug-likeness (QED) is 0.794. The van der Waals surface area contributed by atoms with Gasteiger partial charge in [-0.1, -0.05) is 18.2 Å². The molecule has 2 aromatic rings. The summed E-state index contributed by atoms with van der Waals surface area (Å²) < 4.78 is 11.4. The predicted molar refractivity (Wildman–Crippen MR) is 114 cm³/mol. The fourth-order valence-corrected chi connectivity index (χ4v) is 3.75. The molecule has 3 rings (SSSR count). The zero-order chi connectivity index (χ0) is 20.1. The molecule has 0 aromatic heterocycles. The van der Waals surface area contributed by atoms with Crippen molar-refractivity contribution < 1.29 is 14.6 Å². The molecule has 152 valence electrons. The number of benzene rings is 2. The molecular formula is C23H32N2O3. The van der Waals surface area contributed by atoms with Crippen LogP contribution < -0.4 is 14.4 Å². The molecule has 1 aliphatic heterocycles. The van der Waals surface area contributed by atoms with E-state index in [9.17, 15) is 5.11 Å². The summed E-state index contributed by atoms with van der Waals surface area (Å²) in [5.74, 6) is 1.78. The minimum Gasteiger partial charge on any atom is -0.495 e. The lowest BCUT2D eigenvalue weighted by atomic mass is 10.1. The van der Waals surface area contributed by atoms with Crippen LogP contribution >= 0.6 is 0 Å². The Morgan fingerprint density at radius 1 is 1.00 bits per heavy atom. The van der Waals surface area contributed by atoms with Crippen molar-refractivity contribution in [2.45, 2.75) is 26.9 Å². The van der Waals surface area contributed by atoms with E-state index in [2.05, 4.69) is 42.7 Å². The first-order chi connectivity index (χ1) is 13.5. The first kappa shape index (κ1) is 20.5. The van der Waals surface area contributed by atoms with Crippen molar-refractivity contribution in [2.24, 2.45) is 0 Å². The van der Waals surface area contributed by atoms with Crippen LogP contribution in [0, 0.1) is 20.8 Å². The molecule has 0 amide bonds. The molecular weight excluding hydrogens is 352 g/mol. The molecule has 1 N–H and O–H groups in total. The molecule has 0 unspecified atom stereocenters. The van der Waals surface area contributed by atoms with Crippen molar-refractivity contribution in [3.05, 3.63) is 53.1 Å². The van der Waals surface area contributed by atoms with Crippen LogP contribution in [0.3, 0.4) is 0 Å². The molecule has 1 heterocycles. The van der Waals surface area contributed by atoms with E-state index in [1.54, 1.807) is 7.11 Å². The lowest BCUT2D eigenvalue weighted by Crippen LogP contribution is -2.49. The van der Waals surface area contributed by atoms with Gasteiger partial charge in [-0.05, 0) is 55.7 Å². The largest absolute Gasteiger partial charge is 0.495 e. The van der Waals surface area contributed by atoms with E-state index in [1.807, 2.05) is 24.3 Å². The highest BCUT2D eigenvalue weighted by molar-refractivity contribution is 5.58. The SMILES string of the molecule is COc1ccccc1N1CCN(C[C@@H](O)COc2cc(C)cc(C)c2C)CC1. The third kappa shape index (κ3) is 4.97. The van der Waals surface area contributed by atoms with Gasteiger partial charge < -0.3 is 19.5 Å². The number of aliphatic hydroxyl groups is 1. The summed E-state index contributed by atoms with van der Waals surface area (Å²) in [7, 11) is 1.71. The van der Waals surface area contributed by atoms with Crippen LogP contribution in [0.2, 0.25) is 0 Å². The van der Waals surface area contributed by atoms with Gasteiger partial charge in [-0.3, -0.25) is 4.90 Å². The second kappa shape index (κ2) is 9.30. The molecule has 5 nitrogen and oxygen atoms in total. The number of piperazine rings is 1. The molecule has 0 spiro atoms. The molecule has 28 heavy (non-hydrogen) atoms. The third-order valence-electron chi connectivity index (χ3n) is 5.46. The molecule has 0 saturated carbocycles. The third-order valence-corrected chi connectivity index (χ3v) is 5.46. The number of rotatable bonds is 7. The molecule has 0 radical (unpaired) electrons. The van der Waals surface area contributed by atoms with Gasteiger partial charge in [0.1, 0.15) is 24.2 Å². The zero-order valence-electron chi connectivity index (χ0n) is 17.4. The second-order valence-electron chi connectivity index (χ2n) is 7.63. The van der Waals surface area contributed by atoms with E-state index in [0.717, 1.165) is 48.9 Å². The Hall–Kier alpha value is -2.24. The average molecular weight is 385 g/mol. The Kier molecular flexibility index (Phi) is 6.81. The summed E-state index contributed by atoms with van der Waals surface area (Å²) >= 11 is 0. The summed E-state index contributed by atoms with van der Waals surface area (Å²) in [6, 6.07) is 12.3. The lowest BCUT2D eigenvalue weighted by Gasteiger charge is -2.37. The number of aryl methyl sites for hydroxylation is 2. The summed E-state index contributed by atoms with van der Waals surface area (Å²) in [4.78, 5) is 4.64. The van der Waals surface area contributed by atoms with Crippen LogP contribution in [0.15, 0.2) is 36.4 Å². The number of anilines is 1. The van der Waals surface area contributed by atoms with Gasteiger partial charge in [-0.15, -0.1) is 0 Å². The normalized spacial score (nSPS) is 16.1. The first-order valence-electron chi connectivity index (χ1n) is 9.97. The van der Waals surface area contributed by atoms with Gasteiger partial charge in [0.15, 0.2) is 0 Å². The number of aliphatic hydroxyl groups excluding tert-OH is 1. The maximum absolute atomic E-state index is 10.5. The van der Waals surface area contributed by atoms with Crippen molar-refractivity contribution in [1.29, 1.82) is 0 Å². The number of hydrogen-bond acceptors (Lipinski definition) is 5. The van der Waals surface area contributed by atoms with E-state index in [-0.39, 0.29) is 0 Å². The van der Waals surface area contributed by atoms with E-state index in [1.165, 1.54) is 11.1 Å². The predicted octanol–water partition coefficient (Wildman–Crippen LogP) is 3.18. The smallest absolute Gasteiger partial charge is 0.142 e. The highest BCUT2D eigenvalue weighted by Gasteiger charge is 2.21. The van der Waals surface area contributed by atoms with Crippen molar-refractivity contribution in [3.8, 4) is 11.5 Å². The summed E-state index contributed by atoms with van der Waals surface area (Å²) in [5.41, 5.74) is 4.68. The summed E-state index contributed by atoms with van der Waals surface area (Å²) in [5, 5.41) is 10.5. The maximum atomic E-state index is 10.5. The van der Waals surface area contributed by atoms with E-state index >= 15 is 0 Å². The van der Waals surface area contributed by atoms with Crippen molar-refractivity contribution in [1.82, 2.24) is 4.90 Å². The van der Waals surface area contributed by atoms with Crippen LogP contribution in [0.4, 0.5) is 5.69 Å². The minimum absolute atomic E-state index is 0.316. The maximum Gasteiger partial charge on any atom is 0.142 e. The number of ether oxygens (including phenoxy) is 2. The monoisotopic (exact) mass is 384 g/mol. The molecule has 5 heteroatoms. The Morgan fingerprint density at radius 3 is 2.43 bits per heavy atom. The molecule has 1 aliphatic rings. The van der Waals surface area contributed by atoms with Crippen LogP contribution in [-0.4, -0.2) is 62.6 Å². The van der Waals surface area contributed by atoms with E-state index < -0.39 is 6.10 Å². The molecule has 1 fully saturated rings. The first-order valence-corrected chi connectivity index (χ1v) is 9.97. The lowest BCUT2D eigenvalue weighted by molar-refractivity contribution is 0.0660. The Balaban J connectivity index is 1.48. The number of methoxy groups -OCH3 is 1. The second-order valence-corrected chi connectivity index (χ2v) is 7.63. The average Bonchev–Trinajstić information content (AvgIpc) is 2.70. The zero-order valence-corrected chi connectivity index (χ0v) is 17.4. The number of para-hydroxylation sites is 2. The number of β-amino-alcohol motifs (C(OH)–C–C–N with tert-alkyl or cyclic N) is 1. The number of nitrogens with zero attached hydrogens (tertiary/aromatic N) is 2. The minimum atomic E-state index is -0.502. The van der Waals surface area contributed by atoms with Gasteiger partial charge >= 0.3 is 0 Å². The van der Waals surface area contributed by atoms with Gasteiger partial charge in [0.25, 0.3) is 0 Å². The van der Waals surface area contributed by atoms with Gasteiger partial charge in [0, 0.05) is 32.7 Å². The topological polar surface area (TPSA) is 45.2 Å². The van der Waals surface area contributed by atoms with Gasteiger partial charge in [0.2, 0.25) is 0 Å². The highest BCUT2D eigenvalue weighted by Crippen LogP contribution is 2.28. The summed E-state index contributed by atoms with van der Waals surface area (Å²) in [6.45, 7) is 10.8. The standard InChI is InChI=1S/C23H32N2O3/c1-17-13-18(2)19(3)23(14-17)28-16-20(26)15-24-9-11-25(12-10-24)21-7-5-6-8-22(21)27-4/h5-8,13-14,20,26H,9-12,15-16H2,1-4H3/t20-/m1/s1. The summed E-state index contributed by atoms with van der Waals surface area (Å²) in [6.07, 6.45) is -0.502. The van der Waals surface area contributed by atoms with Crippen LogP contribution in [0.25, 0.3) is 0 Å². The van der Waals surface area contributed by atoms with Gasteiger partial charge in [0.05, 0.1) is 12.8 Å². The molecule has 1 atom stereocenters. The van der Waals surface area contributed by atoms with Crippen LogP contribution in [0.5, 0.6) is 11.5 Å². The molecule has 1 saturated heterocycles. The van der Waals surface area contributed by atoms with Gasteiger partial charge in [-0.25, -0.2) is 0 Å². The van der Waals surface area contributed by atoms with Crippen LogP contribution in [-0.2, 0) is 0 Å². The van der Waals surface area contributed by atoms with Crippen LogP contribution in [0.1, 0.15) is 16.7 Å².